The van der Waals surface area contributed by atoms with E-state index in [-0.39, 0.29) is 30.0 Å². The zero-order valence-corrected chi connectivity index (χ0v) is 11.7. The highest BCUT2D eigenvalue weighted by atomic mass is 19.4. The quantitative estimate of drug-likeness (QED) is 0.839. The number of hydrogen-bond acceptors (Lipinski definition) is 6. The predicted octanol–water partition coefficient (Wildman–Crippen LogP) is 2.45. The van der Waals surface area contributed by atoms with Gasteiger partial charge in [0.1, 0.15) is 0 Å². The Bertz CT molecular complexity index is 408. The minimum Gasteiger partial charge on any atom is -0.454 e. The van der Waals surface area contributed by atoms with Crippen LogP contribution in [-0.4, -0.2) is 39.8 Å². The first kappa shape index (κ1) is 16.3. The lowest BCUT2D eigenvalue weighted by atomic mass is 10.4. The standard InChI is InChI=1S/C11H18F3N5O/c1-6(2)15-8-17-9(16-7(3)4)19-10(18-8)20-5-11(12,13)14/h6-7H,5H2,1-4H3,(H2,15,16,17,18,19). The maximum absolute atomic E-state index is 12.1. The van der Waals surface area contributed by atoms with Gasteiger partial charge in [-0.2, -0.15) is 28.1 Å². The molecule has 1 aromatic heterocycles. The first-order valence-electron chi connectivity index (χ1n) is 6.14. The summed E-state index contributed by atoms with van der Waals surface area (Å²) < 4.78 is 41.0. The zero-order chi connectivity index (χ0) is 15.3. The van der Waals surface area contributed by atoms with Crippen molar-refractivity contribution < 1.29 is 17.9 Å². The molecule has 0 saturated heterocycles. The van der Waals surface area contributed by atoms with Crippen LogP contribution in [0.4, 0.5) is 25.1 Å². The molecule has 0 aliphatic carbocycles. The monoisotopic (exact) mass is 293 g/mol. The molecular formula is C11H18F3N5O. The van der Waals surface area contributed by atoms with Crippen molar-refractivity contribution in [1.82, 2.24) is 15.0 Å². The summed E-state index contributed by atoms with van der Waals surface area (Å²) >= 11 is 0. The highest BCUT2D eigenvalue weighted by Gasteiger charge is 2.29. The van der Waals surface area contributed by atoms with Crippen molar-refractivity contribution in [2.45, 2.75) is 46.0 Å². The SMILES string of the molecule is CC(C)Nc1nc(NC(C)C)nc(OCC(F)(F)F)n1. The molecule has 0 unspecified atom stereocenters. The number of aromatic nitrogens is 3. The Morgan fingerprint density at radius 2 is 1.40 bits per heavy atom. The van der Waals surface area contributed by atoms with E-state index in [1.165, 1.54) is 0 Å². The number of anilines is 2. The van der Waals surface area contributed by atoms with Gasteiger partial charge in [0.05, 0.1) is 0 Å². The maximum Gasteiger partial charge on any atom is 0.422 e. The molecule has 0 spiro atoms. The molecule has 0 atom stereocenters. The van der Waals surface area contributed by atoms with Crippen LogP contribution in [0.2, 0.25) is 0 Å². The molecule has 0 saturated carbocycles. The van der Waals surface area contributed by atoms with E-state index in [1.54, 1.807) is 0 Å². The lowest BCUT2D eigenvalue weighted by Crippen LogP contribution is -2.22. The average molecular weight is 293 g/mol. The van der Waals surface area contributed by atoms with E-state index in [9.17, 15) is 13.2 Å². The van der Waals surface area contributed by atoms with E-state index in [1.807, 2.05) is 27.7 Å². The van der Waals surface area contributed by atoms with Gasteiger partial charge in [0.2, 0.25) is 11.9 Å². The van der Waals surface area contributed by atoms with E-state index < -0.39 is 12.8 Å². The maximum atomic E-state index is 12.1. The van der Waals surface area contributed by atoms with Crippen molar-refractivity contribution in [2.24, 2.45) is 0 Å². The number of alkyl halides is 3. The second kappa shape index (κ2) is 6.58. The summed E-state index contributed by atoms with van der Waals surface area (Å²) in [5.41, 5.74) is 0. The van der Waals surface area contributed by atoms with Gasteiger partial charge in [0.15, 0.2) is 6.61 Å². The predicted molar refractivity (Wildman–Crippen MR) is 68.9 cm³/mol. The zero-order valence-electron chi connectivity index (χ0n) is 11.7. The van der Waals surface area contributed by atoms with E-state index in [4.69, 9.17) is 0 Å². The molecule has 20 heavy (non-hydrogen) atoms. The molecule has 1 rings (SSSR count). The molecule has 0 aliphatic rings. The van der Waals surface area contributed by atoms with Gasteiger partial charge in [-0.15, -0.1) is 0 Å². The minimum atomic E-state index is -4.44. The second-order valence-electron chi connectivity index (χ2n) is 4.77. The molecule has 0 radical (unpaired) electrons. The largest absolute Gasteiger partial charge is 0.454 e. The molecule has 0 fully saturated rings. The van der Waals surface area contributed by atoms with Crippen LogP contribution in [0.15, 0.2) is 0 Å². The number of nitrogens with zero attached hydrogens (tertiary/aromatic N) is 3. The first-order valence-corrected chi connectivity index (χ1v) is 6.14. The summed E-state index contributed by atoms with van der Waals surface area (Å²) in [7, 11) is 0. The highest BCUT2D eigenvalue weighted by molar-refractivity contribution is 5.36. The van der Waals surface area contributed by atoms with Gasteiger partial charge in [0, 0.05) is 12.1 Å². The van der Waals surface area contributed by atoms with Crippen molar-refractivity contribution in [3.8, 4) is 6.01 Å². The summed E-state index contributed by atoms with van der Waals surface area (Å²) in [5, 5.41) is 5.78. The molecule has 0 aliphatic heterocycles. The van der Waals surface area contributed by atoms with Gasteiger partial charge >= 0.3 is 12.2 Å². The van der Waals surface area contributed by atoms with Crippen LogP contribution in [0.25, 0.3) is 0 Å². The Kier molecular flexibility index (Phi) is 5.34. The van der Waals surface area contributed by atoms with Crippen LogP contribution < -0.4 is 15.4 Å². The fourth-order valence-corrected chi connectivity index (χ4v) is 1.21. The van der Waals surface area contributed by atoms with Gasteiger partial charge < -0.3 is 15.4 Å². The topological polar surface area (TPSA) is 72.0 Å². The Labute approximate surface area is 115 Å². The fraction of sp³-hybridized carbons (Fsp3) is 0.727. The Hall–Kier alpha value is -1.80. The van der Waals surface area contributed by atoms with E-state index in [0.29, 0.717) is 0 Å². The smallest absolute Gasteiger partial charge is 0.422 e. The average Bonchev–Trinajstić information content (AvgIpc) is 2.23. The Morgan fingerprint density at radius 1 is 0.950 bits per heavy atom. The molecule has 6 nitrogen and oxygen atoms in total. The van der Waals surface area contributed by atoms with Gasteiger partial charge in [0.25, 0.3) is 0 Å². The molecule has 0 bridgehead atoms. The Morgan fingerprint density at radius 3 is 1.75 bits per heavy atom. The highest BCUT2D eigenvalue weighted by Crippen LogP contribution is 2.18. The number of nitrogens with one attached hydrogen (secondary N) is 2. The normalized spacial score (nSPS) is 11.8. The van der Waals surface area contributed by atoms with Crippen LogP contribution >= 0.6 is 0 Å². The number of hydrogen-bond donors (Lipinski definition) is 2. The summed E-state index contributed by atoms with van der Waals surface area (Å²) in [6.07, 6.45) is -4.44. The van der Waals surface area contributed by atoms with Gasteiger partial charge in [-0.05, 0) is 27.7 Å². The van der Waals surface area contributed by atoms with Gasteiger partial charge in [-0.1, -0.05) is 0 Å². The van der Waals surface area contributed by atoms with E-state index >= 15 is 0 Å². The van der Waals surface area contributed by atoms with Crippen LogP contribution in [-0.2, 0) is 0 Å². The van der Waals surface area contributed by atoms with Crippen molar-refractivity contribution in [3.05, 3.63) is 0 Å². The summed E-state index contributed by atoms with van der Waals surface area (Å²) in [6, 6.07) is -0.317. The third kappa shape index (κ3) is 6.39. The molecule has 0 aromatic carbocycles. The van der Waals surface area contributed by atoms with Crippen LogP contribution in [0.1, 0.15) is 27.7 Å². The fourth-order valence-electron chi connectivity index (χ4n) is 1.21. The van der Waals surface area contributed by atoms with Gasteiger partial charge in [-0.25, -0.2) is 0 Å². The number of ether oxygens (including phenoxy) is 1. The molecule has 114 valence electrons. The Balaban J connectivity index is 2.90. The first-order chi connectivity index (χ1) is 9.15. The summed E-state index contributed by atoms with van der Waals surface area (Å²) in [6.45, 7) is 5.98. The van der Waals surface area contributed by atoms with Gasteiger partial charge in [-0.3, -0.25) is 0 Å². The van der Waals surface area contributed by atoms with Crippen molar-refractivity contribution in [2.75, 3.05) is 17.2 Å². The third-order valence-corrected chi connectivity index (χ3v) is 1.82. The van der Waals surface area contributed by atoms with Crippen molar-refractivity contribution >= 4 is 11.9 Å². The molecule has 2 N–H and O–H groups in total. The second-order valence-corrected chi connectivity index (χ2v) is 4.77. The number of halogens is 3. The van der Waals surface area contributed by atoms with Crippen LogP contribution in [0, 0.1) is 0 Å². The third-order valence-electron chi connectivity index (χ3n) is 1.82. The van der Waals surface area contributed by atoms with Crippen LogP contribution in [0.5, 0.6) is 6.01 Å². The molecule has 9 heteroatoms. The lowest BCUT2D eigenvalue weighted by molar-refractivity contribution is -0.154. The molecule has 1 heterocycles. The van der Waals surface area contributed by atoms with E-state index in [0.717, 1.165) is 0 Å². The molecular weight excluding hydrogens is 275 g/mol. The number of rotatable bonds is 6. The summed E-state index contributed by atoms with van der Waals surface area (Å²) in [4.78, 5) is 11.6. The molecule has 1 aromatic rings. The van der Waals surface area contributed by atoms with E-state index in [2.05, 4.69) is 30.3 Å². The summed E-state index contributed by atoms with van der Waals surface area (Å²) in [5.74, 6) is 0.325. The van der Waals surface area contributed by atoms with Crippen molar-refractivity contribution in [3.63, 3.8) is 0 Å². The van der Waals surface area contributed by atoms with Crippen LogP contribution in [0.3, 0.4) is 0 Å². The minimum absolute atomic E-state index is 0.0276. The van der Waals surface area contributed by atoms with Crippen molar-refractivity contribution in [1.29, 1.82) is 0 Å². The lowest BCUT2D eigenvalue weighted by Gasteiger charge is -2.14. The molecule has 0 amide bonds.